The third-order valence-corrected chi connectivity index (χ3v) is 5.36. The summed E-state index contributed by atoms with van der Waals surface area (Å²) in [7, 11) is 0. The number of unbranched alkanes of at least 4 members (excludes halogenated alkanes) is 5. The van der Waals surface area contributed by atoms with Crippen LogP contribution in [0.2, 0.25) is 10.0 Å². The van der Waals surface area contributed by atoms with E-state index in [1.54, 1.807) is 0 Å². The largest absolute Gasteiger partial charge is 0.373 e. The van der Waals surface area contributed by atoms with Crippen molar-refractivity contribution in [2.75, 3.05) is 0 Å². The van der Waals surface area contributed by atoms with Gasteiger partial charge in [0, 0.05) is 18.9 Å². The highest BCUT2D eigenvalue weighted by Gasteiger charge is 2.11. The van der Waals surface area contributed by atoms with Crippen LogP contribution in [0.1, 0.15) is 63.9 Å². The van der Waals surface area contributed by atoms with Crippen LogP contribution in [0.3, 0.4) is 0 Å². The van der Waals surface area contributed by atoms with Crippen LogP contribution < -0.4 is 0 Å². The Bertz CT molecular complexity index is 616. The van der Waals surface area contributed by atoms with Crippen molar-refractivity contribution < 1.29 is 4.74 Å². The molecule has 26 heavy (non-hydrogen) atoms. The molecule has 2 rings (SSSR count). The molecule has 0 spiro atoms. The molecule has 1 heterocycles. The van der Waals surface area contributed by atoms with E-state index in [2.05, 4.69) is 16.5 Å². The molecule has 3 nitrogen and oxygen atoms in total. The van der Waals surface area contributed by atoms with Gasteiger partial charge in [0.1, 0.15) is 0 Å². The first-order valence-corrected chi connectivity index (χ1v) is 10.5. The number of nitrogens with zero attached hydrogens (tertiary/aromatic N) is 2. The van der Waals surface area contributed by atoms with Crippen molar-refractivity contribution in [3.05, 3.63) is 52.5 Å². The van der Waals surface area contributed by atoms with E-state index in [1.165, 1.54) is 38.5 Å². The Morgan fingerprint density at radius 2 is 1.85 bits per heavy atom. The maximum absolute atomic E-state index is 6.21. The quantitative estimate of drug-likeness (QED) is 0.343. The maximum Gasteiger partial charge on any atom is 0.0945 e. The van der Waals surface area contributed by atoms with Gasteiger partial charge in [0.15, 0.2) is 0 Å². The summed E-state index contributed by atoms with van der Waals surface area (Å²) in [5, 5.41) is 1.16. The zero-order chi connectivity index (χ0) is 18.6. The third-order valence-electron chi connectivity index (χ3n) is 4.62. The lowest BCUT2D eigenvalue weighted by molar-refractivity contribution is 0.0250. The van der Waals surface area contributed by atoms with E-state index >= 15 is 0 Å². The zero-order valence-corrected chi connectivity index (χ0v) is 17.2. The molecular formula is C21H30Cl2N2O. The Labute approximate surface area is 167 Å². The van der Waals surface area contributed by atoms with Crippen molar-refractivity contribution >= 4 is 23.2 Å². The zero-order valence-electron chi connectivity index (χ0n) is 15.7. The van der Waals surface area contributed by atoms with Gasteiger partial charge in [0.25, 0.3) is 0 Å². The lowest BCUT2D eigenvalue weighted by Crippen LogP contribution is -2.16. The average molecular weight is 397 g/mol. The second-order valence-electron chi connectivity index (χ2n) is 6.83. The molecule has 0 N–H and O–H groups in total. The van der Waals surface area contributed by atoms with Crippen LogP contribution in [0.5, 0.6) is 0 Å². The highest BCUT2D eigenvalue weighted by Crippen LogP contribution is 2.23. The lowest BCUT2D eigenvalue weighted by atomic mass is 10.1. The van der Waals surface area contributed by atoms with E-state index in [0.717, 1.165) is 24.9 Å². The van der Waals surface area contributed by atoms with E-state index in [-0.39, 0.29) is 6.10 Å². The van der Waals surface area contributed by atoms with Crippen molar-refractivity contribution in [3.63, 3.8) is 0 Å². The van der Waals surface area contributed by atoms with Gasteiger partial charge in [-0.25, -0.2) is 4.98 Å². The second-order valence-corrected chi connectivity index (χ2v) is 7.64. The number of hydrogen-bond acceptors (Lipinski definition) is 2. The molecule has 0 aliphatic heterocycles. The molecule has 1 atom stereocenters. The van der Waals surface area contributed by atoms with Crippen LogP contribution in [-0.4, -0.2) is 15.7 Å². The van der Waals surface area contributed by atoms with Crippen LogP contribution in [0.4, 0.5) is 0 Å². The van der Waals surface area contributed by atoms with E-state index in [0.29, 0.717) is 16.7 Å². The monoisotopic (exact) mass is 396 g/mol. The van der Waals surface area contributed by atoms with Crippen LogP contribution in [0.25, 0.3) is 0 Å². The lowest BCUT2D eigenvalue weighted by Gasteiger charge is -2.18. The first-order chi connectivity index (χ1) is 12.7. The van der Waals surface area contributed by atoms with Crippen molar-refractivity contribution in [2.45, 2.75) is 77.5 Å². The van der Waals surface area contributed by atoms with Crippen molar-refractivity contribution in [2.24, 2.45) is 0 Å². The van der Waals surface area contributed by atoms with Gasteiger partial charge in [0.2, 0.25) is 0 Å². The first-order valence-electron chi connectivity index (χ1n) is 9.70. The molecule has 1 unspecified atom stereocenters. The number of aromatic nitrogens is 2. The molecule has 0 aliphatic rings. The number of aryl methyl sites for hydroxylation is 1. The molecule has 144 valence electrons. The third kappa shape index (κ3) is 8.11. The Kier molecular flexibility index (Phi) is 10.1. The van der Waals surface area contributed by atoms with E-state index in [4.69, 9.17) is 27.9 Å². The first kappa shape index (κ1) is 21.3. The van der Waals surface area contributed by atoms with E-state index in [1.807, 2.05) is 36.9 Å². The summed E-state index contributed by atoms with van der Waals surface area (Å²) in [6.45, 7) is 3.76. The van der Waals surface area contributed by atoms with Gasteiger partial charge in [-0.2, -0.15) is 0 Å². The minimum absolute atomic E-state index is 0.248. The van der Waals surface area contributed by atoms with Gasteiger partial charge < -0.3 is 9.30 Å². The minimum Gasteiger partial charge on any atom is -0.373 e. The molecule has 2 aromatic rings. The molecule has 0 fully saturated rings. The molecule has 5 heteroatoms. The van der Waals surface area contributed by atoms with Gasteiger partial charge in [-0.1, -0.05) is 74.7 Å². The molecule has 1 aromatic heterocycles. The molecule has 0 amide bonds. The number of hydrogen-bond donors (Lipinski definition) is 0. The van der Waals surface area contributed by atoms with Crippen LogP contribution in [-0.2, 0) is 17.9 Å². The van der Waals surface area contributed by atoms with Gasteiger partial charge in [-0.3, -0.25) is 0 Å². The van der Waals surface area contributed by atoms with Crippen molar-refractivity contribution in [1.29, 1.82) is 0 Å². The average Bonchev–Trinajstić information content (AvgIpc) is 3.16. The summed E-state index contributed by atoms with van der Waals surface area (Å²) in [6.07, 6.45) is 15.8. The molecule has 1 aromatic carbocycles. The summed E-state index contributed by atoms with van der Waals surface area (Å²) >= 11 is 12.1. The van der Waals surface area contributed by atoms with Crippen LogP contribution >= 0.6 is 23.2 Å². The smallest absolute Gasteiger partial charge is 0.0945 e. The highest BCUT2D eigenvalue weighted by molar-refractivity contribution is 6.42. The predicted molar refractivity (Wildman–Crippen MR) is 110 cm³/mol. The van der Waals surface area contributed by atoms with Gasteiger partial charge in [-0.15, -0.1) is 0 Å². The maximum atomic E-state index is 6.21. The van der Waals surface area contributed by atoms with E-state index in [9.17, 15) is 0 Å². The Morgan fingerprint density at radius 1 is 1.04 bits per heavy atom. The fourth-order valence-corrected chi connectivity index (χ4v) is 3.34. The fourth-order valence-electron chi connectivity index (χ4n) is 3.02. The predicted octanol–water partition coefficient (Wildman–Crippen LogP) is 6.92. The summed E-state index contributed by atoms with van der Waals surface area (Å²) in [5.74, 6) is 0. The van der Waals surface area contributed by atoms with Crippen molar-refractivity contribution in [1.82, 2.24) is 9.55 Å². The molecule has 0 saturated heterocycles. The fraction of sp³-hybridized carbons (Fsp3) is 0.571. The number of benzene rings is 1. The second kappa shape index (κ2) is 12.4. The number of imidazole rings is 1. The normalized spacial score (nSPS) is 12.4. The van der Waals surface area contributed by atoms with Gasteiger partial charge in [0.05, 0.1) is 29.1 Å². The number of rotatable bonds is 13. The molecular weight excluding hydrogens is 367 g/mol. The topological polar surface area (TPSA) is 27.1 Å². The summed E-state index contributed by atoms with van der Waals surface area (Å²) < 4.78 is 8.32. The summed E-state index contributed by atoms with van der Waals surface area (Å²) in [5.41, 5.74) is 1.06. The standard InChI is InChI=1S/C21H30Cl2N2O/c1-2-3-4-5-6-7-8-19(11-13-25-14-12-24-17-25)26-16-18-9-10-20(22)21(23)15-18/h9-10,12,14-15,17,19H,2-8,11,13,16H2,1H3. The van der Waals surface area contributed by atoms with Crippen LogP contribution in [0.15, 0.2) is 36.9 Å². The Balaban J connectivity index is 1.79. The van der Waals surface area contributed by atoms with Gasteiger partial charge >= 0.3 is 0 Å². The van der Waals surface area contributed by atoms with Gasteiger partial charge in [-0.05, 0) is 30.5 Å². The highest BCUT2D eigenvalue weighted by atomic mass is 35.5. The minimum atomic E-state index is 0.248. The van der Waals surface area contributed by atoms with Crippen LogP contribution in [0, 0.1) is 0 Å². The summed E-state index contributed by atoms with van der Waals surface area (Å²) in [6, 6.07) is 5.70. The molecule has 0 radical (unpaired) electrons. The number of ether oxygens (including phenoxy) is 1. The van der Waals surface area contributed by atoms with E-state index < -0.39 is 0 Å². The number of halogens is 2. The molecule has 0 aliphatic carbocycles. The van der Waals surface area contributed by atoms with Crippen molar-refractivity contribution in [3.8, 4) is 0 Å². The Hall–Kier alpha value is -1.03. The SMILES string of the molecule is CCCCCCCCC(CCn1ccnc1)OCc1ccc(Cl)c(Cl)c1. The molecule has 0 saturated carbocycles. The molecule has 0 bridgehead atoms. The summed E-state index contributed by atoms with van der Waals surface area (Å²) in [4.78, 5) is 4.11. The Morgan fingerprint density at radius 3 is 2.58 bits per heavy atom.